The van der Waals surface area contributed by atoms with E-state index in [4.69, 9.17) is 4.74 Å². The van der Waals surface area contributed by atoms with Crippen molar-refractivity contribution in [2.24, 2.45) is 0 Å². The molecule has 94 valence electrons. The summed E-state index contributed by atoms with van der Waals surface area (Å²) in [4.78, 5) is 13.9. The average molecular weight is 373 g/mol. The monoisotopic (exact) mass is 373 g/mol. The first-order valence-corrected chi connectivity index (χ1v) is 7.24. The molecule has 5 heteroatoms. The largest absolute Gasteiger partial charge is 0.495 e. The van der Waals surface area contributed by atoms with Gasteiger partial charge in [-0.15, -0.1) is 11.3 Å². The maximum absolute atomic E-state index is 12.3. The lowest BCUT2D eigenvalue weighted by Gasteiger charge is -2.19. The molecule has 0 fully saturated rings. The molecule has 3 nitrogen and oxygen atoms in total. The molecule has 0 unspecified atom stereocenters. The molecule has 0 N–H and O–H groups in total. The highest BCUT2D eigenvalue weighted by Gasteiger charge is 2.17. The van der Waals surface area contributed by atoms with Crippen molar-refractivity contribution in [2.75, 3.05) is 19.1 Å². The van der Waals surface area contributed by atoms with Crippen molar-refractivity contribution >= 4 is 45.5 Å². The van der Waals surface area contributed by atoms with Gasteiger partial charge in [0.1, 0.15) is 5.75 Å². The Hall–Kier alpha value is -1.08. The van der Waals surface area contributed by atoms with Crippen molar-refractivity contribution in [3.63, 3.8) is 0 Å². The highest BCUT2D eigenvalue weighted by molar-refractivity contribution is 14.1. The van der Waals surface area contributed by atoms with Crippen LogP contribution in [0.5, 0.6) is 5.75 Å². The van der Waals surface area contributed by atoms with E-state index in [1.807, 2.05) is 35.7 Å². The van der Waals surface area contributed by atoms with Gasteiger partial charge in [-0.25, -0.2) is 0 Å². The maximum atomic E-state index is 12.3. The summed E-state index contributed by atoms with van der Waals surface area (Å²) >= 11 is 3.77. The number of carbonyl (C=O) groups is 1. The van der Waals surface area contributed by atoms with Crippen LogP contribution in [0.3, 0.4) is 0 Å². The van der Waals surface area contributed by atoms with Crippen molar-refractivity contribution in [3.8, 4) is 5.75 Å². The lowest BCUT2D eigenvalue weighted by Crippen LogP contribution is -2.26. The second-order valence-electron chi connectivity index (χ2n) is 3.68. The third kappa shape index (κ3) is 2.67. The van der Waals surface area contributed by atoms with Crippen molar-refractivity contribution < 1.29 is 9.53 Å². The van der Waals surface area contributed by atoms with E-state index in [1.165, 1.54) is 0 Å². The van der Waals surface area contributed by atoms with E-state index in [0.717, 1.165) is 8.57 Å². The normalized spacial score (nSPS) is 10.2. The van der Waals surface area contributed by atoms with Gasteiger partial charge in [0.05, 0.1) is 21.2 Å². The SMILES string of the molecule is COc1ccccc1N(C)C(=O)c1csc(I)c1. The zero-order valence-corrected chi connectivity index (χ0v) is 13.0. The molecule has 0 aliphatic heterocycles. The number of nitrogens with zero attached hydrogens (tertiary/aromatic N) is 1. The summed E-state index contributed by atoms with van der Waals surface area (Å²) in [7, 11) is 3.36. The second kappa shape index (κ2) is 5.71. The smallest absolute Gasteiger partial charge is 0.259 e. The molecule has 18 heavy (non-hydrogen) atoms. The highest BCUT2D eigenvalue weighted by atomic mass is 127. The van der Waals surface area contributed by atoms with E-state index in [9.17, 15) is 4.79 Å². The van der Waals surface area contributed by atoms with Gasteiger partial charge in [0.15, 0.2) is 0 Å². The second-order valence-corrected chi connectivity index (χ2v) is 6.48. The Morgan fingerprint density at radius 1 is 1.39 bits per heavy atom. The molecule has 2 aromatic rings. The number of hydrogen-bond acceptors (Lipinski definition) is 3. The van der Waals surface area contributed by atoms with Crippen LogP contribution >= 0.6 is 33.9 Å². The van der Waals surface area contributed by atoms with Gasteiger partial charge in [-0.05, 0) is 40.8 Å². The van der Waals surface area contributed by atoms with E-state index in [2.05, 4.69) is 22.6 Å². The summed E-state index contributed by atoms with van der Waals surface area (Å²) in [5.41, 5.74) is 1.48. The van der Waals surface area contributed by atoms with Gasteiger partial charge in [0, 0.05) is 12.4 Å². The van der Waals surface area contributed by atoms with Gasteiger partial charge in [-0.2, -0.15) is 0 Å². The fourth-order valence-electron chi connectivity index (χ4n) is 1.63. The predicted molar refractivity (Wildman–Crippen MR) is 82.8 cm³/mol. The van der Waals surface area contributed by atoms with Gasteiger partial charge in [-0.3, -0.25) is 4.79 Å². The van der Waals surface area contributed by atoms with Gasteiger partial charge in [0.25, 0.3) is 5.91 Å². The maximum Gasteiger partial charge on any atom is 0.259 e. The molecule has 0 aliphatic rings. The van der Waals surface area contributed by atoms with Crippen LogP contribution in [0.2, 0.25) is 0 Å². The van der Waals surface area contributed by atoms with E-state index in [-0.39, 0.29) is 5.91 Å². The Labute approximate surface area is 124 Å². The minimum Gasteiger partial charge on any atom is -0.495 e. The quantitative estimate of drug-likeness (QED) is 0.769. The minimum atomic E-state index is -0.0290. The van der Waals surface area contributed by atoms with E-state index < -0.39 is 0 Å². The van der Waals surface area contributed by atoms with E-state index >= 15 is 0 Å². The first-order chi connectivity index (χ1) is 8.63. The Bertz CT molecular complexity index is 568. The lowest BCUT2D eigenvalue weighted by molar-refractivity contribution is 0.0993. The first-order valence-electron chi connectivity index (χ1n) is 5.28. The summed E-state index contributed by atoms with van der Waals surface area (Å²) < 4.78 is 6.37. The van der Waals surface area contributed by atoms with Crippen LogP contribution in [-0.2, 0) is 0 Å². The molecule has 0 saturated carbocycles. The predicted octanol–water partition coefficient (Wildman–Crippen LogP) is 3.64. The summed E-state index contributed by atoms with van der Waals surface area (Å²) in [5.74, 6) is 0.664. The highest BCUT2D eigenvalue weighted by Crippen LogP contribution is 2.28. The van der Waals surface area contributed by atoms with Crippen LogP contribution in [0.15, 0.2) is 35.7 Å². The molecule has 2 rings (SSSR count). The van der Waals surface area contributed by atoms with Gasteiger partial charge < -0.3 is 9.64 Å². The number of ether oxygens (including phenoxy) is 1. The molecular weight excluding hydrogens is 361 g/mol. The third-order valence-electron chi connectivity index (χ3n) is 2.57. The molecule has 0 aliphatic carbocycles. The van der Waals surface area contributed by atoms with Crippen LogP contribution in [0.25, 0.3) is 0 Å². The van der Waals surface area contributed by atoms with Crippen LogP contribution in [-0.4, -0.2) is 20.1 Å². The van der Waals surface area contributed by atoms with E-state index in [0.29, 0.717) is 11.3 Å². The average Bonchev–Trinajstić information content (AvgIpc) is 2.83. The van der Waals surface area contributed by atoms with Gasteiger partial charge in [-0.1, -0.05) is 12.1 Å². The van der Waals surface area contributed by atoms with Crippen LogP contribution in [0.1, 0.15) is 10.4 Å². The number of carbonyl (C=O) groups excluding carboxylic acids is 1. The van der Waals surface area contributed by atoms with Gasteiger partial charge in [0.2, 0.25) is 0 Å². The topological polar surface area (TPSA) is 29.5 Å². The number of amides is 1. The van der Waals surface area contributed by atoms with Crippen molar-refractivity contribution in [1.29, 1.82) is 0 Å². The summed E-state index contributed by atoms with van der Waals surface area (Å²) in [6, 6.07) is 9.37. The number of hydrogen-bond donors (Lipinski definition) is 0. The Kier molecular flexibility index (Phi) is 4.23. The van der Waals surface area contributed by atoms with Crippen LogP contribution < -0.4 is 9.64 Å². The first kappa shape index (κ1) is 13.4. The number of anilines is 1. The number of benzene rings is 1. The number of halogens is 1. The fraction of sp³-hybridized carbons (Fsp3) is 0.154. The number of thiophene rings is 1. The molecule has 0 spiro atoms. The minimum absolute atomic E-state index is 0.0290. The molecular formula is C13H12INO2S. The molecule has 0 bridgehead atoms. The molecule has 0 atom stereocenters. The molecule has 0 radical (unpaired) electrons. The zero-order chi connectivity index (χ0) is 13.1. The van der Waals surface area contributed by atoms with Crippen molar-refractivity contribution in [2.45, 2.75) is 0 Å². The van der Waals surface area contributed by atoms with Crippen LogP contribution in [0, 0.1) is 2.88 Å². The number of para-hydroxylation sites is 2. The molecule has 1 aromatic carbocycles. The van der Waals surface area contributed by atoms with Crippen molar-refractivity contribution in [1.82, 2.24) is 0 Å². The van der Waals surface area contributed by atoms with Gasteiger partial charge >= 0.3 is 0 Å². The third-order valence-corrected chi connectivity index (χ3v) is 4.35. The zero-order valence-electron chi connectivity index (χ0n) is 10.0. The summed E-state index contributed by atoms with van der Waals surface area (Å²) in [6.45, 7) is 0. The Balaban J connectivity index is 2.31. The summed E-state index contributed by atoms with van der Waals surface area (Å²) in [6.07, 6.45) is 0. The Morgan fingerprint density at radius 2 is 2.11 bits per heavy atom. The number of methoxy groups -OCH3 is 1. The Morgan fingerprint density at radius 3 is 2.72 bits per heavy atom. The van der Waals surface area contributed by atoms with E-state index in [1.54, 1.807) is 30.4 Å². The number of rotatable bonds is 3. The van der Waals surface area contributed by atoms with Crippen molar-refractivity contribution in [3.05, 3.63) is 44.2 Å². The van der Waals surface area contributed by atoms with Crippen LogP contribution in [0.4, 0.5) is 5.69 Å². The molecule has 1 aromatic heterocycles. The summed E-state index contributed by atoms with van der Waals surface area (Å²) in [5, 5.41) is 1.87. The lowest BCUT2D eigenvalue weighted by atomic mass is 10.2. The fourth-order valence-corrected chi connectivity index (χ4v) is 2.95. The molecule has 1 amide bonds. The standard InChI is InChI=1S/C13H12INO2S/c1-15(10-5-3-4-6-11(10)17-2)13(16)9-7-12(14)18-8-9/h3-8H,1-2H3. The molecule has 0 saturated heterocycles. The molecule has 1 heterocycles.